The van der Waals surface area contributed by atoms with E-state index in [0.717, 1.165) is 11.6 Å². The minimum atomic E-state index is -4.05. The van der Waals surface area contributed by atoms with Crippen LogP contribution in [0.5, 0.6) is 0 Å². The van der Waals surface area contributed by atoms with E-state index in [-0.39, 0.29) is 28.4 Å². The van der Waals surface area contributed by atoms with Crippen molar-refractivity contribution >= 4 is 27.5 Å². The first-order chi connectivity index (χ1) is 14.8. The van der Waals surface area contributed by atoms with Crippen LogP contribution in [0.4, 0.5) is 17.5 Å². The maximum absolute atomic E-state index is 12.6. The molecule has 4 rings (SSSR count). The monoisotopic (exact) mass is 439 g/mol. The van der Waals surface area contributed by atoms with E-state index in [1.54, 1.807) is 0 Å². The lowest BCUT2D eigenvalue weighted by atomic mass is 10.0. The molecule has 0 saturated heterocycles. The summed E-state index contributed by atoms with van der Waals surface area (Å²) in [6.45, 7) is 1.97. The molecule has 1 aromatic heterocycles. The highest BCUT2D eigenvalue weighted by Crippen LogP contribution is 2.40. The Morgan fingerprint density at radius 3 is 2.55 bits per heavy atom. The molecule has 1 aliphatic carbocycles. The summed E-state index contributed by atoms with van der Waals surface area (Å²) in [5.41, 5.74) is 2.11. The summed E-state index contributed by atoms with van der Waals surface area (Å²) < 4.78 is 27.6. The molecule has 1 heterocycles. The molecular weight excluding hydrogens is 418 g/mol. The molecule has 0 bridgehead atoms. The molecule has 0 amide bonds. The third-order valence-corrected chi connectivity index (χ3v) is 6.42. The van der Waals surface area contributed by atoms with E-state index in [1.807, 2.05) is 6.92 Å². The van der Waals surface area contributed by atoms with Gasteiger partial charge in [-0.1, -0.05) is 30.3 Å². The molecule has 2 aromatic carbocycles. The molecular formula is C21H21N5O4S. The Morgan fingerprint density at radius 1 is 1.13 bits per heavy atom. The Kier molecular flexibility index (Phi) is 5.55. The van der Waals surface area contributed by atoms with Crippen molar-refractivity contribution in [1.82, 2.24) is 9.97 Å². The van der Waals surface area contributed by atoms with Gasteiger partial charge in [-0.05, 0) is 48.9 Å². The van der Waals surface area contributed by atoms with Crippen molar-refractivity contribution in [2.75, 3.05) is 10.0 Å². The molecule has 0 spiro atoms. The fourth-order valence-electron chi connectivity index (χ4n) is 3.20. The highest BCUT2D eigenvalue weighted by molar-refractivity contribution is 7.92. The molecule has 0 radical (unpaired) electrons. The molecule has 10 heteroatoms. The third kappa shape index (κ3) is 4.97. The number of nitrogens with one attached hydrogen (secondary N) is 2. The van der Waals surface area contributed by atoms with Gasteiger partial charge in [0, 0.05) is 18.3 Å². The van der Waals surface area contributed by atoms with Crippen molar-refractivity contribution in [3.05, 3.63) is 82.0 Å². The number of aromatic nitrogens is 2. The van der Waals surface area contributed by atoms with Crippen molar-refractivity contribution in [3.8, 4) is 0 Å². The number of benzene rings is 2. The third-order valence-electron chi connectivity index (χ3n) is 5.06. The van der Waals surface area contributed by atoms with Gasteiger partial charge in [-0.3, -0.25) is 14.8 Å². The smallest absolute Gasteiger partial charge is 0.270 e. The SMILES string of the molecule is CC(Nc1nccc(NS(=O)(=O)c2cccc([N+](=O)[O-])c2)n1)c1ccc(C2CC2)cc1. The van der Waals surface area contributed by atoms with Crippen LogP contribution in [-0.4, -0.2) is 23.3 Å². The topological polar surface area (TPSA) is 127 Å². The maximum atomic E-state index is 12.6. The van der Waals surface area contributed by atoms with E-state index in [2.05, 4.69) is 44.3 Å². The van der Waals surface area contributed by atoms with E-state index >= 15 is 0 Å². The molecule has 1 unspecified atom stereocenters. The summed E-state index contributed by atoms with van der Waals surface area (Å²) in [6, 6.07) is 14.6. The Balaban J connectivity index is 1.47. The second-order valence-corrected chi connectivity index (χ2v) is 9.11. The predicted octanol–water partition coefficient (Wildman–Crippen LogP) is 4.24. The zero-order valence-corrected chi connectivity index (χ0v) is 17.5. The van der Waals surface area contributed by atoms with Gasteiger partial charge in [0.2, 0.25) is 5.95 Å². The lowest BCUT2D eigenvalue weighted by Gasteiger charge is -2.15. The Hall–Kier alpha value is -3.53. The number of nitrogens with zero attached hydrogens (tertiary/aromatic N) is 3. The van der Waals surface area contributed by atoms with Gasteiger partial charge >= 0.3 is 0 Å². The van der Waals surface area contributed by atoms with E-state index < -0.39 is 14.9 Å². The van der Waals surface area contributed by atoms with Gasteiger partial charge in [-0.15, -0.1) is 0 Å². The quantitative estimate of drug-likeness (QED) is 0.397. The van der Waals surface area contributed by atoms with Gasteiger partial charge in [-0.2, -0.15) is 4.98 Å². The minimum Gasteiger partial charge on any atom is -0.348 e. The summed E-state index contributed by atoms with van der Waals surface area (Å²) in [5, 5.41) is 14.1. The van der Waals surface area contributed by atoms with E-state index in [1.165, 1.54) is 48.9 Å². The van der Waals surface area contributed by atoms with Crippen molar-refractivity contribution in [2.45, 2.75) is 36.6 Å². The largest absolute Gasteiger partial charge is 0.348 e. The lowest BCUT2D eigenvalue weighted by molar-refractivity contribution is -0.385. The van der Waals surface area contributed by atoms with Crippen LogP contribution in [0.2, 0.25) is 0 Å². The Bertz CT molecular complexity index is 1210. The van der Waals surface area contributed by atoms with Crippen LogP contribution in [-0.2, 0) is 10.0 Å². The van der Waals surface area contributed by atoms with Gasteiger partial charge in [0.05, 0.1) is 15.9 Å². The van der Waals surface area contributed by atoms with Gasteiger partial charge in [0.25, 0.3) is 15.7 Å². The summed E-state index contributed by atoms with van der Waals surface area (Å²) in [7, 11) is -4.05. The maximum Gasteiger partial charge on any atom is 0.270 e. The molecule has 1 atom stereocenters. The van der Waals surface area contributed by atoms with Crippen LogP contribution in [0.15, 0.2) is 65.7 Å². The van der Waals surface area contributed by atoms with Crippen LogP contribution in [0, 0.1) is 10.1 Å². The first-order valence-corrected chi connectivity index (χ1v) is 11.3. The van der Waals surface area contributed by atoms with Crippen LogP contribution in [0.1, 0.15) is 42.9 Å². The van der Waals surface area contributed by atoms with Gasteiger partial charge in [0.1, 0.15) is 5.82 Å². The van der Waals surface area contributed by atoms with E-state index in [9.17, 15) is 18.5 Å². The molecule has 1 aliphatic rings. The molecule has 3 aromatic rings. The number of anilines is 2. The summed E-state index contributed by atoms with van der Waals surface area (Å²) in [6.07, 6.45) is 3.93. The first kappa shape index (κ1) is 20.7. The number of hydrogen-bond donors (Lipinski definition) is 2. The molecule has 0 aliphatic heterocycles. The standard InChI is InChI=1S/C21H21N5O4S/c1-14(15-5-7-16(8-6-15)17-9-10-17)23-21-22-12-11-20(24-21)25-31(29,30)19-4-2-3-18(13-19)26(27)28/h2-8,11-14,17H,9-10H2,1H3,(H2,22,23,24,25). The number of rotatable bonds is 8. The molecule has 1 saturated carbocycles. The molecule has 2 N–H and O–H groups in total. The summed E-state index contributed by atoms with van der Waals surface area (Å²) in [4.78, 5) is 18.4. The van der Waals surface area contributed by atoms with Crippen LogP contribution < -0.4 is 10.0 Å². The summed E-state index contributed by atoms with van der Waals surface area (Å²) >= 11 is 0. The van der Waals surface area contributed by atoms with Gasteiger partial charge in [0.15, 0.2) is 0 Å². The fraction of sp³-hybridized carbons (Fsp3) is 0.238. The second-order valence-electron chi connectivity index (χ2n) is 7.43. The van der Waals surface area contributed by atoms with Gasteiger partial charge in [-0.25, -0.2) is 13.4 Å². The minimum absolute atomic E-state index is 0.0558. The molecule has 9 nitrogen and oxygen atoms in total. The molecule has 31 heavy (non-hydrogen) atoms. The number of sulfonamides is 1. The highest BCUT2D eigenvalue weighted by atomic mass is 32.2. The van der Waals surface area contributed by atoms with Crippen molar-refractivity contribution < 1.29 is 13.3 Å². The predicted molar refractivity (Wildman–Crippen MR) is 116 cm³/mol. The van der Waals surface area contributed by atoms with E-state index in [4.69, 9.17) is 0 Å². The molecule has 160 valence electrons. The first-order valence-electron chi connectivity index (χ1n) is 9.78. The fourth-order valence-corrected chi connectivity index (χ4v) is 4.24. The van der Waals surface area contributed by atoms with Crippen LogP contribution >= 0.6 is 0 Å². The lowest BCUT2D eigenvalue weighted by Crippen LogP contribution is -2.15. The zero-order chi connectivity index (χ0) is 22.0. The average molecular weight is 439 g/mol. The Morgan fingerprint density at radius 2 is 1.87 bits per heavy atom. The Labute approximate surface area is 179 Å². The number of nitro groups is 1. The number of nitro benzene ring substituents is 1. The van der Waals surface area contributed by atoms with Crippen molar-refractivity contribution in [1.29, 1.82) is 0 Å². The molecule has 1 fully saturated rings. The average Bonchev–Trinajstić information content (AvgIpc) is 3.59. The van der Waals surface area contributed by atoms with Crippen LogP contribution in [0.25, 0.3) is 0 Å². The zero-order valence-electron chi connectivity index (χ0n) is 16.7. The number of non-ortho nitro benzene ring substituents is 1. The van der Waals surface area contributed by atoms with Crippen LogP contribution in [0.3, 0.4) is 0 Å². The van der Waals surface area contributed by atoms with Gasteiger partial charge < -0.3 is 5.32 Å². The second kappa shape index (κ2) is 8.31. The van der Waals surface area contributed by atoms with Crippen molar-refractivity contribution in [2.24, 2.45) is 0 Å². The highest BCUT2D eigenvalue weighted by Gasteiger charge is 2.23. The van der Waals surface area contributed by atoms with Crippen molar-refractivity contribution in [3.63, 3.8) is 0 Å². The summed E-state index contributed by atoms with van der Waals surface area (Å²) in [5.74, 6) is 1.01. The normalized spacial score (nSPS) is 14.6. The number of hydrogen-bond acceptors (Lipinski definition) is 7. The van der Waals surface area contributed by atoms with E-state index in [0.29, 0.717) is 5.92 Å².